The van der Waals surface area contributed by atoms with Gasteiger partial charge in [0.05, 0.1) is 0 Å². The van der Waals surface area contributed by atoms with Crippen LogP contribution in [-0.2, 0) is 4.79 Å². The first kappa shape index (κ1) is 21.7. The minimum atomic E-state index is -0.689. The maximum atomic E-state index is 10.6. The molecule has 1 saturated carbocycles. The van der Waals surface area contributed by atoms with Crippen LogP contribution in [-0.4, -0.2) is 11.1 Å². The van der Waals surface area contributed by atoms with E-state index in [9.17, 15) is 4.79 Å². The van der Waals surface area contributed by atoms with Crippen LogP contribution >= 0.6 is 0 Å². The van der Waals surface area contributed by atoms with Crippen molar-refractivity contribution >= 4 is 5.97 Å². The summed E-state index contributed by atoms with van der Waals surface area (Å²) in [7, 11) is 0. The number of unbranched alkanes of at least 4 members (excludes halogenated alkanes) is 1. The molecule has 2 nitrogen and oxygen atoms in total. The standard InChI is InChI=1S/C23H38O2/c1-18(2)15-16-19(3)10-7-11-21-12-8-13-22(21)17-20(4)9-5-6-14-23(24)25/h7,9,11,15,19,21-22H,5-6,8,10,12-14,16-17H2,1-4H3,(H,24,25)/t19?,21-,22+/m0/s1. The van der Waals surface area contributed by atoms with E-state index in [1.54, 1.807) is 0 Å². The van der Waals surface area contributed by atoms with Gasteiger partial charge in [0.1, 0.15) is 0 Å². The molecule has 1 rings (SSSR count). The number of carbonyl (C=O) groups is 1. The summed E-state index contributed by atoms with van der Waals surface area (Å²) >= 11 is 0. The summed E-state index contributed by atoms with van der Waals surface area (Å²) in [6, 6.07) is 0. The third-order valence-corrected chi connectivity index (χ3v) is 5.24. The van der Waals surface area contributed by atoms with Gasteiger partial charge in [-0.2, -0.15) is 0 Å². The molecule has 1 fully saturated rings. The van der Waals surface area contributed by atoms with E-state index in [2.05, 4.69) is 52.0 Å². The zero-order valence-corrected chi connectivity index (χ0v) is 16.8. The van der Waals surface area contributed by atoms with Crippen LogP contribution in [0.15, 0.2) is 35.5 Å². The molecule has 0 spiro atoms. The predicted octanol–water partition coefficient (Wildman–Crippen LogP) is 6.93. The molecule has 0 aromatic heterocycles. The Kier molecular flexibility index (Phi) is 10.5. The number of hydrogen-bond acceptors (Lipinski definition) is 1. The zero-order chi connectivity index (χ0) is 18.7. The Labute approximate surface area is 155 Å². The fourth-order valence-electron chi connectivity index (χ4n) is 3.69. The van der Waals surface area contributed by atoms with Gasteiger partial charge in [-0.15, -0.1) is 0 Å². The van der Waals surface area contributed by atoms with Crippen molar-refractivity contribution in [1.29, 1.82) is 0 Å². The van der Waals surface area contributed by atoms with Gasteiger partial charge in [-0.05, 0) is 83.5 Å². The third kappa shape index (κ3) is 10.3. The lowest BCUT2D eigenvalue weighted by Crippen LogP contribution is -2.06. The van der Waals surface area contributed by atoms with Gasteiger partial charge in [-0.3, -0.25) is 4.79 Å². The lowest BCUT2D eigenvalue weighted by Gasteiger charge is -2.17. The highest BCUT2D eigenvalue weighted by Crippen LogP contribution is 2.37. The van der Waals surface area contributed by atoms with E-state index in [0.717, 1.165) is 30.6 Å². The lowest BCUT2D eigenvalue weighted by molar-refractivity contribution is -0.137. The average Bonchev–Trinajstić information content (AvgIpc) is 2.96. The quantitative estimate of drug-likeness (QED) is 0.325. The van der Waals surface area contributed by atoms with Crippen LogP contribution in [0.5, 0.6) is 0 Å². The number of hydrogen-bond donors (Lipinski definition) is 1. The molecule has 1 unspecified atom stereocenters. The number of allylic oxidation sites excluding steroid dienone is 6. The summed E-state index contributed by atoms with van der Waals surface area (Å²) in [5.74, 6) is 1.55. The van der Waals surface area contributed by atoms with Gasteiger partial charge >= 0.3 is 5.97 Å². The average molecular weight is 347 g/mol. The van der Waals surface area contributed by atoms with Crippen LogP contribution in [0, 0.1) is 17.8 Å². The van der Waals surface area contributed by atoms with E-state index < -0.39 is 5.97 Å². The van der Waals surface area contributed by atoms with Crippen molar-refractivity contribution in [3.8, 4) is 0 Å². The Bertz CT molecular complexity index is 480. The third-order valence-electron chi connectivity index (χ3n) is 5.24. The maximum absolute atomic E-state index is 10.6. The first-order valence-electron chi connectivity index (χ1n) is 10.1. The molecule has 0 amide bonds. The summed E-state index contributed by atoms with van der Waals surface area (Å²) in [4.78, 5) is 10.6. The van der Waals surface area contributed by atoms with Gasteiger partial charge in [0.25, 0.3) is 0 Å². The summed E-state index contributed by atoms with van der Waals surface area (Å²) in [5, 5.41) is 8.69. The highest BCUT2D eigenvalue weighted by molar-refractivity contribution is 5.66. The second-order valence-electron chi connectivity index (χ2n) is 8.18. The highest BCUT2D eigenvalue weighted by Gasteiger charge is 2.24. The lowest BCUT2D eigenvalue weighted by atomic mass is 9.88. The van der Waals surface area contributed by atoms with Gasteiger partial charge in [0.15, 0.2) is 0 Å². The molecule has 0 bridgehead atoms. The van der Waals surface area contributed by atoms with E-state index in [1.165, 1.54) is 49.7 Å². The van der Waals surface area contributed by atoms with Crippen molar-refractivity contribution in [2.75, 3.05) is 0 Å². The minimum Gasteiger partial charge on any atom is -0.481 e. The molecular formula is C23H38O2. The van der Waals surface area contributed by atoms with Crippen molar-refractivity contribution in [3.63, 3.8) is 0 Å². The van der Waals surface area contributed by atoms with Gasteiger partial charge < -0.3 is 5.11 Å². The molecule has 0 aliphatic heterocycles. The van der Waals surface area contributed by atoms with Crippen LogP contribution in [0.2, 0.25) is 0 Å². The van der Waals surface area contributed by atoms with E-state index in [-0.39, 0.29) is 6.42 Å². The van der Waals surface area contributed by atoms with Crippen molar-refractivity contribution in [1.82, 2.24) is 0 Å². The molecule has 0 saturated heterocycles. The fraction of sp³-hybridized carbons (Fsp3) is 0.696. The summed E-state index contributed by atoms with van der Waals surface area (Å²) in [6.45, 7) is 8.88. The van der Waals surface area contributed by atoms with E-state index in [1.807, 2.05) is 0 Å². The molecule has 0 radical (unpaired) electrons. The molecule has 2 heteroatoms. The molecule has 0 aromatic rings. The summed E-state index contributed by atoms with van der Waals surface area (Å²) in [6.07, 6.45) is 19.0. The molecule has 1 aliphatic carbocycles. The van der Waals surface area contributed by atoms with Gasteiger partial charge in [-0.1, -0.05) is 48.8 Å². The Morgan fingerprint density at radius 2 is 1.92 bits per heavy atom. The number of carboxylic acids is 1. The Balaban J connectivity index is 2.37. The highest BCUT2D eigenvalue weighted by atomic mass is 16.4. The molecule has 1 aliphatic rings. The van der Waals surface area contributed by atoms with Crippen LogP contribution in [0.4, 0.5) is 0 Å². The molecule has 1 N–H and O–H groups in total. The largest absolute Gasteiger partial charge is 0.481 e. The Hall–Kier alpha value is -1.31. The molecule has 3 atom stereocenters. The first-order chi connectivity index (χ1) is 11.9. The Morgan fingerprint density at radius 1 is 1.16 bits per heavy atom. The minimum absolute atomic E-state index is 0.281. The topological polar surface area (TPSA) is 37.3 Å². The normalized spacial score (nSPS) is 22.3. The maximum Gasteiger partial charge on any atom is 0.303 e. The second-order valence-corrected chi connectivity index (χ2v) is 8.18. The smallest absolute Gasteiger partial charge is 0.303 e. The molecule has 25 heavy (non-hydrogen) atoms. The SMILES string of the molecule is CC(C)=CCC(C)CC=C[C@H]1CCC[C@@H]1CC(C)=CCCCC(=O)O. The van der Waals surface area contributed by atoms with Crippen LogP contribution in [0.1, 0.15) is 85.5 Å². The fourth-order valence-corrected chi connectivity index (χ4v) is 3.69. The van der Waals surface area contributed by atoms with Crippen LogP contribution in [0.25, 0.3) is 0 Å². The number of carboxylic acid groups (broad SMARTS) is 1. The Morgan fingerprint density at radius 3 is 2.60 bits per heavy atom. The summed E-state index contributed by atoms with van der Waals surface area (Å²) < 4.78 is 0. The van der Waals surface area contributed by atoms with E-state index in [0.29, 0.717) is 0 Å². The van der Waals surface area contributed by atoms with E-state index >= 15 is 0 Å². The molecule has 142 valence electrons. The van der Waals surface area contributed by atoms with Gasteiger partial charge in [-0.25, -0.2) is 0 Å². The van der Waals surface area contributed by atoms with Gasteiger partial charge in [0, 0.05) is 6.42 Å². The van der Waals surface area contributed by atoms with Crippen LogP contribution < -0.4 is 0 Å². The van der Waals surface area contributed by atoms with E-state index in [4.69, 9.17) is 5.11 Å². The van der Waals surface area contributed by atoms with Gasteiger partial charge in [0.2, 0.25) is 0 Å². The molecule has 0 aromatic carbocycles. The second kappa shape index (κ2) is 12.1. The van der Waals surface area contributed by atoms with Crippen molar-refractivity contribution in [2.24, 2.45) is 17.8 Å². The molecule has 0 heterocycles. The van der Waals surface area contributed by atoms with Crippen molar-refractivity contribution in [3.05, 3.63) is 35.5 Å². The number of aliphatic carboxylic acids is 1. The van der Waals surface area contributed by atoms with Crippen molar-refractivity contribution < 1.29 is 9.90 Å². The molecular weight excluding hydrogens is 308 g/mol. The van der Waals surface area contributed by atoms with Crippen molar-refractivity contribution in [2.45, 2.75) is 85.5 Å². The summed E-state index contributed by atoms with van der Waals surface area (Å²) in [5.41, 5.74) is 2.85. The zero-order valence-electron chi connectivity index (χ0n) is 16.8. The predicted molar refractivity (Wildman–Crippen MR) is 108 cm³/mol. The number of rotatable bonds is 11. The first-order valence-corrected chi connectivity index (χ1v) is 10.1. The monoisotopic (exact) mass is 346 g/mol. The van der Waals surface area contributed by atoms with Crippen LogP contribution in [0.3, 0.4) is 0 Å².